The van der Waals surface area contributed by atoms with E-state index in [0.717, 1.165) is 30.1 Å². The quantitative estimate of drug-likeness (QED) is 0.884. The molecule has 2 atom stereocenters. The molecule has 0 radical (unpaired) electrons. The molecule has 2 rings (SSSR count). The summed E-state index contributed by atoms with van der Waals surface area (Å²) < 4.78 is 6.02. The summed E-state index contributed by atoms with van der Waals surface area (Å²) in [5.74, 6) is 0.598. The Morgan fingerprint density at radius 2 is 2.05 bits per heavy atom. The summed E-state index contributed by atoms with van der Waals surface area (Å²) in [5, 5.41) is 3.64. The number of hydrogen-bond acceptors (Lipinski definition) is 3. The molecule has 1 saturated carbocycles. The Labute approximate surface area is 123 Å². The van der Waals surface area contributed by atoms with E-state index in [0.29, 0.717) is 18.1 Å². The average Bonchev–Trinajstić information content (AvgIpc) is 2.34. The molecule has 0 bridgehead atoms. The summed E-state index contributed by atoms with van der Waals surface area (Å²) in [4.78, 5) is 4.52. The number of ether oxygens (including phenoxy) is 1. The van der Waals surface area contributed by atoms with Gasteiger partial charge in [-0.2, -0.15) is 0 Å². The van der Waals surface area contributed by atoms with Crippen molar-refractivity contribution in [1.29, 1.82) is 0 Å². The van der Waals surface area contributed by atoms with Crippen molar-refractivity contribution in [2.75, 3.05) is 11.9 Å². The lowest BCUT2D eigenvalue weighted by Gasteiger charge is -2.52. The van der Waals surface area contributed by atoms with Crippen molar-refractivity contribution < 1.29 is 4.74 Å². The molecule has 1 aliphatic carbocycles. The fourth-order valence-electron chi connectivity index (χ4n) is 2.75. The second kappa shape index (κ2) is 5.72. The van der Waals surface area contributed by atoms with Crippen LogP contribution in [-0.2, 0) is 4.74 Å². The minimum absolute atomic E-state index is 0.173. The van der Waals surface area contributed by atoms with E-state index in [1.54, 1.807) is 0 Å². The van der Waals surface area contributed by atoms with Crippen LogP contribution in [0.2, 0.25) is 0 Å². The van der Waals surface area contributed by atoms with Crippen molar-refractivity contribution in [1.82, 2.24) is 4.98 Å². The van der Waals surface area contributed by atoms with Gasteiger partial charge in [-0.3, -0.25) is 4.98 Å². The van der Waals surface area contributed by atoms with Gasteiger partial charge in [0.15, 0.2) is 0 Å². The van der Waals surface area contributed by atoms with E-state index in [9.17, 15) is 0 Å². The highest BCUT2D eigenvalue weighted by atomic mass is 16.5. The van der Waals surface area contributed by atoms with E-state index in [2.05, 4.69) is 57.1 Å². The van der Waals surface area contributed by atoms with Crippen LogP contribution in [0.4, 0.5) is 5.69 Å². The lowest BCUT2D eigenvalue weighted by Crippen LogP contribution is -2.58. The standard InChI is InChI=1S/C17H28N2O/c1-11(2)10-20-16-9-15(17(16,5)6)19-14-8-7-12(3)18-13(14)4/h7-8,11,15-16,19H,9-10H2,1-6H3. The fourth-order valence-corrected chi connectivity index (χ4v) is 2.75. The van der Waals surface area contributed by atoms with E-state index in [4.69, 9.17) is 4.74 Å². The second-order valence-electron chi connectivity index (χ2n) is 7.06. The Kier molecular flexibility index (Phi) is 4.38. The molecular weight excluding hydrogens is 248 g/mol. The first-order valence-electron chi connectivity index (χ1n) is 7.63. The van der Waals surface area contributed by atoms with E-state index >= 15 is 0 Å². The zero-order valence-corrected chi connectivity index (χ0v) is 13.7. The first-order valence-corrected chi connectivity index (χ1v) is 7.63. The van der Waals surface area contributed by atoms with Gasteiger partial charge in [0.25, 0.3) is 0 Å². The summed E-state index contributed by atoms with van der Waals surface area (Å²) in [6.45, 7) is 13.9. The van der Waals surface area contributed by atoms with Crippen LogP contribution >= 0.6 is 0 Å². The van der Waals surface area contributed by atoms with Crippen molar-refractivity contribution in [3.8, 4) is 0 Å². The number of pyridine rings is 1. The fraction of sp³-hybridized carbons (Fsp3) is 0.706. The number of aryl methyl sites for hydroxylation is 2. The Balaban J connectivity index is 1.95. The summed E-state index contributed by atoms with van der Waals surface area (Å²) in [6, 6.07) is 4.66. The van der Waals surface area contributed by atoms with Crippen LogP contribution in [0.15, 0.2) is 12.1 Å². The van der Waals surface area contributed by atoms with Gasteiger partial charge >= 0.3 is 0 Å². The van der Waals surface area contributed by atoms with E-state index in [1.807, 2.05) is 6.92 Å². The van der Waals surface area contributed by atoms with Gasteiger partial charge in [-0.25, -0.2) is 0 Å². The van der Waals surface area contributed by atoms with E-state index in [1.165, 1.54) is 0 Å². The molecule has 1 N–H and O–H groups in total. The van der Waals surface area contributed by atoms with Crippen molar-refractivity contribution in [3.63, 3.8) is 0 Å². The monoisotopic (exact) mass is 276 g/mol. The van der Waals surface area contributed by atoms with E-state index < -0.39 is 0 Å². The smallest absolute Gasteiger partial charge is 0.0665 e. The molecule has 3 nitrogen and oxygen atoms in total. The molecule has 0 aliphatic heterocycles. The molecular formula is C17H28N2O. The molecule has 1 fully saturated rings. The number of anilines is 1. The largest absolute Gasteiger partial charge is 0.380 e. The lowest BCUT2D eigenvalue weighted by molar-refractivity contribution is -0.108. The van der Waals surface area contributed by atoms with Crippen LogP contribution in [0.25, 0.3) is 0 Å². The molecule has 1 aliphatic rings. The van der Waals surface area contributed by atoms with Gasteiger partial charge in [-0.15, -0.1) is 0 Å². The average molecular weight is 276 g/mol. The molecule has 3 heteroatoms. The van der Waals surface area contributed by atoms with Crippen LogP contribution in [0.3, 0.4) is 0 Å². The molecule has 0 spiro atoms. The maximum absolute atomic E-state index is 6.02. The third kappa shape index (κ3) is 3.14. The molecule has 1 aromatic heterocycles. The van der Waals surface area contributed by atoms with Gasteiger partial charge in [0.1, 0.15) is 0 Å². The highest BCUT2D eigenvalue weighted by Crippen LogP contribution is 2.44. The van der Waals surface area contributed by atoms with Gasteiger partial charge < -0.3 is 10.1 Å². The van der Waals surface area contributed by atoms with Crippen molar-refractivity contribution in [3.05, 3.63) is 23.5 Å². The van der Waals surface area contributed by atoms with Crippen molar-refractivity contribution in [2.24, 2.45) is 11.3 Å². The number of nitrogens with zero attached hydrogens (tertiary/aromatic N) is 1. The molecule has 0 saturated heterocycles. The second-order valence-corrected chi connectivity index (χ2v) is 7.06. The van der Waals surface area contributed by atoms with Crippen molar-refractivity contribution >= 4 is 5.69 Å². The number of hydrogen-bond donors (Lipinski definition) is 1. The lowest BCUT2D eigenvalue weighted by atomic mass is 9.64. The van der Waals surface area contributed by atoms with Gasteiger partial charge in [0, 0.05) is 23.8 Å². The first-order chi connectivity index (χ1) is 9.30. The summed E-state index contributed by atoms with van der Waals surface area (Å²) in [5.41, 5.74) is 3.47. The van der Waals surface area contributed by atoms with E-state index in [-0.39, 0.29) is 5.41 Å². The van der Waals surface area contributed by atoms with Crippen LogP contribution in [0.1, 0.15) is 45.5 Å². The zero-order valence-electron chi connectivity index (χ0n) is 13.7. The predicted octanol–water partition coefficient (Wildman–Crippen LogP) is 3.95. The first kappa shape index (κ1) is 15.3. The summed E-state index contributed by atoms with van der Waals surface area (Å²) >= 11 is 0. The van der Waals surface area contributed by atoms with Crippen LogP contribution in [-0.4, -0.2) is 23.7 Å². The number of aromatic nitrogens is 1. The van der Waals surface area contributed by atoms with Crippen LogP contribution in [0.5, 0.6) is 0 Å². The zero-order chi connectivity index (χ0) is 14.9. The van der Waals surface area contributed by atoms with Crippen LogP contribution in [0, 0.1) is 25.2 Å². The molecule has 0 aromatic carbocycles. The third-order valence-corrected chi connectivity index (χ3v) is 4.36. The Bertz CT molecular complexity index is 468. The SMILES string of the molecule is Cc1ccc(NC2CC(OCC(C)C)C2(C)C)c(C)n1. The minimum Gasteiger partial charge on any atom is -0.380 e. The minimum atomic E-state index is 0.173. The molecule has 112 valence electrons. The molecule has 0 amide bonds. The highest BCUT2D eigenvalue weighted by Gasteiger charge is 2.49. The maximum Gasteiger partial charge on any atom is 0.0665 e. The molecule has 1 heterocycles. The van der Waals surface area contributed by atoms with Gasteiger partial charge in [-0.05, 0) is 38.3 Å². The molecule has 2 unspecified atom stereocenters. The molecule has 1 aromatic rings. The Hall–Kier alpha value is -1.09. The Morgan fingerprint density at radius 1 is 1.35 bits per heavy atom. The summed E-state index contributed by atoms with van der Waals surface area (Å²) in [7, 11) is 0. The van der Waals surface area contributed by atoms with Gasteiger partial charge in [0.2, 0.25) is 0 Å². The van der Waals surface area contributed by atoms with Gasteiger partial charge in [0.05, 0.1) is 17.5 Å². The predicted molar refractivity (Wildman–Crippen MR) is 84.1 cm³/mol. The normalized spacial score (nSPS) is 24.6. The topological polar surface area (TPSA) is 34.1 Å². The number of nitrogens with one attached hydrogen (secondary N) is 1. The Morgan fingerprint density at radius 3 is 2.60 bits per heavy atom. The highest BCUT2D eigenvalue weighted by molar-refractivity contribution is 5.49. The van der Waals surface area contributed by atoms with Gasteiger partial charge in [-0.1, -0.05) is 27.7 Å². The van der Waals surface area contributed by atoms with Crippen LogP contribution < -0.4 is 5.32 Å². The molecule has 20 heavy (non-hydrogen) atoms. The summed E-state index contributed by atoms with van der Waals surface area (Å²) in [6.07, 6.45) is 1.44. The maximum atomic E-state index is 6.02. The number of rotatable bonds is 5. The van der Waals surface area contributed by atoms with Crippen molar-refractivity contribution in [2.45, 2.75) is 60.1 Å². The third-order valence-electron chi connectivity index (χ3n) is 4.36.